The van der Waals surface area contributed by atoms with Gasteiger partial charge in [-0.2, -0.15) is 0 Å². The van der Waals surface area contributed by atoms with E-state index < -0.39 is 0 Å². The fourth-order valence-corrected chi connectivity index (χ4v) is 3.71. The van der Waals surface area contributed by atoms with Crippen molar-refractivity contribution in [2.75, 3.05) is 19.4 Å². The Hall–Kier alpha value is -2.89. The van der Waals surface area contributed by atoms with E-state index in [4.69, 9.17) is 0 Å². The van der Waals surface area contributed by atoms with Gasteiger partial charge in [-0.25, -0.2) is 9.18 Å². The molecule has 5 nitrogen and oxygen atoms in total. The maximum absolute atomic E-state index is 13.3. The summed E-state index contributed by atoms with van der Waals surface area (Å²) in [7, 11) is 3.46. The van der Waals surface area contributed by atoms with Gasteiger partial charge in [0.25, 0.3) is 0 Å². The monoisotopic (exact) mass is 369 g/mol. The molecule has 1 fully saturated rings. The number of nitrogens with one attached hydrogen (secondary N) is 2. The lowest BCUT2D eigenvalue weighted by Gasteiger charge is -2.22. The molecule has 3 atom stereocenters. The van der Waals surface area contributed by atoms with E-state index in [-0.39, 0.29) is 35.6 Å². The molecule has 0 aromatic heterocycles. The summed E-state index contributed by atoms with van der Waals surface area (Å²) < 4.78 is 13.3. The molecular weight excluding hydrogens is 345 g/mol. The van der Waals surface area contributed by atoms with E-state index >= 15 is 0 Å². The molecule has 1 aliphatic rings. The Bertz CT molecular complexity index is 793. The SMILES string of the molecule is CN(C)C(=O)[C@H]1C[C@@H](NC(=O)Nc2ccccc2)C[C@@H]1c1ccc(F)cc1. The predicted molar refractivity (Wildman–Crippen MR) is 103 cm³/mol. The highest BCUT2D eigenvalue weighted by Gasteiger charge is 2.40. The Balaban J connectivity index is 1.71. The first-order valence-electron chi connectivity index (χ1n) is 9.03. The fourth-order valence-electron chi connectivity index (χ4n) is 3.71. The van der Waals surface area contributed by atoms with E-state index in [1.54, 1.807) is 31.1 Å². The summed E-state index contributed by atoms with van der Waals surface area (Å²) in [6.45, 7) is 0. The van der Waals surface area contributed by atoms with E-state index in [9.17, 15) is 14.0 Å². The first-order valence-corrected chi connectivity index (χ1v) is 9.03. The molecule has 2 aromatic rings. The van der Waals surface area contributed by atoms with Gasteiger partial charge in [0.1, 0.15) is 5.82 Å². The van der Waals surface area contributed by atoms with Gasteiger partial charge in [0, 0.05) is 31.7 Å². The van der Waals surface area contributed by atoms with Crippen molar-refractivity contribution in [3.05, 3.63) is 66.0 Å². The van der Waals surface area contributed by atoms with Gasteiger partial charge in [-0.1, -0.05) is 30.3 Å². The molecule has 0 aliphatic heterocycles. The highest BCUT2D eigenvalue weighted by Crippen LogP contribution is 2.40. The zero-order chi connectivity index (χ0) is 19.4. The molecule has 1 aliphatic carbocycles. The fraction of sp³-hybridized carbons (Fsp3) is 0.333. The quantitative estimate of drug-likeness (QED) is 0.865. The van der Waals surface area contributed by atoms with E-state index in [1.807, 2.05) is 30.3 Å². The van der Waals surface area contributed by atoms with Gasteiger partial charge in [-0.15, -0.1) is 0 Å². The largest absolute Gasteiger partial charge is 0.349 e. The van der Waals surface area contributed by atoms with Crippen LogP contribution in [0.15, 0.2) is 54.6 Å². The number of carbonyl (C=O) groups is 2. The first kappa shape index (κ1) is 18.9. The van der Waals surface area contributed by atoms with Gasteiger partial charge in [0.2, 0.25) is 5.91 Å². The number of hydrogen-bond acceptors (Lipinski definition) is 2. The lowest BCUT2D eigenvalue weighted by atomic mass is 9.88. The Morgan fingerprint density at radius 3 is 2.30 bits per heavy atom. The van der Waals surface area contributed by atoms with Crippen molar-refractivity contribution in [2.24, 2.45) is 5.92 Å². The molecule has 0 saturated heterocycles. The third-order valence-corrected chi connectivity index (χ3v) is 4.99. The molecule has 0 bridgehead atoms. The average molecular weight is 369 g/mol. The highest BCUT2D eigenvalue weighted by molar-refractivity contribution is 5.89. The molecule has 3 rings (SSSR count). The van der Waals surface area contributed by atoms with Gasteiger partial charge in [-0.3, -0.25) is 4.79 Å². The Labute approximate surface area is 158 Å². The molecule has 2 N–H and O–H groups in total. The Morgan fingerprint density at radius 2 is 1.67 bits per heavy atom. The molecule has 3 amide bonds. The molecule has 1 saturated carbocycles. The van der Waals surface area contributed by atoms with Crippen LogP contribution in [0.1, 0.15) is 24.3 Å². The number of nitrogens with zero attached hydrogens (tertiary/aromatic N) is 1. The van der Waals surface area contributed by atoms with E-state index in [0.29, 0.717) is 18.5 Å². The number of halogens is 1. The van der Waals surface area contributed by atoms with Crippen molar-refractivity contribution in [1.82, 2.24) is 10.2 Å². The minimum absolute atomic E-state index is 0.0251. The van der Waals surface area contributed by atoms with Crippen LogP contribution in [0.4, 0.5) is 14.9 Å². The summed E-state index contributed by atoms with van der Waals surface area (Å²) in [6, 6.07) is 15.1. The molecule has 6 heteroatoms. The Kier molecular flexibility index (Phi) is 5.74. The van der Waals surface area contributed by atoms with Gasteiger partial charge in [0.05, 0.1) is 0 Å². The first-order chi connectivity index (χ1) is 12.9. The highest BCUT2D eigenvalue weighted by atomic mass is 19.1. The van der Waals surface area contributed by atoms with Gasteiger partial charge < -0.3 is 15.5 Å². The lowest BCUT2D eigenvalue weighted by Crippen LogP contribution is -2.37. The zero-order valence-electron chi connectivity index (χ0n) is 15.5. The van der Waals surface area contributed by atoms with Crippen LogP contribution in [0.25, 0.3) is 0 Å². The normalized spacial score (nSPS) is 21.5. The molecule has 0 heterocycles. The molecule has 2 aromatic carbocycles. The van der Waals surface area contributed by atoms with Crippen LogP contribution in [0, 0.1) is 11.7 Å². The number of carbonyl (C=O) groups excluding carboxylic acids is 2. The van der Waals surface area contributed by atoms with Crippen LogP contribution < -0.4 is 10.6 Å². The van der Waals surface area contributed by atoms with Gasteiger partial charge in [-0.05, 0) is 48.6 Å². The van der Waals surface area contributed by atoms with Gasteiger partial charge in [0.15, 0.2) is 0 Å². The van der Waals surface area contributed by atoms with E-state index in [2.05, 4.69) is 10.6 Å². The van der Waals surface area contributed by atoms with Crippen LogP contribution in [0.3, 0.4) is 0 Å². The number of para-hydroxylation sites is 1. The topological polar surface area (TPSA) is 61.4 Å². The third kappa shape index (κ3) is 4.64. The lowest BCUT2D eigenvalue weighted by molar-refractivity contribution is -0.133. The molecule has 0 radical (unpaired) electrons. The van der Waals surface area contributed by atoms with Crippen molar-refractivity contribution >= 4 is 17.6 Å². The summed E-state index contributed by atoms with van der Waals surface area (Å²) in [5.74, 6) is -0.573. The minimum Gasteiger partial charge on any atom is -0.349 e. The maximum atomic E-state index is 13.3. The van der Waals surface area contributed by atoms with Crippen molar-refractivity contribution in [3.63, 3.8) is 0 Å². The molecule has 27 heavy (non-hydrogen) atoms. The maximum Gasteiger partial charge on any atom is 0.319 e. The van der Waals surface area contributed by atoms with E-state index in [0.717, 1.165) is 5.56 Å². The third-order valence-electron chi connectivity index (χ3n) is 4.99. The second-order valence-electron chi connectivity index (χ2n) is 7.13. The van der Waals surface area contributed by atoms with Crippen LogP contribution in [-0.2, 0) is 4.79 Å². The van der Waals surface area contributed by atoms with Crippen molar-refractivity contribution in [2.45, 2.75) is 24.8 Å². The number of benzene rings is 2. The summed E-state index contributed by atoms with van der Waals surface area (Å²) in [5, 5.41) is 5.77. The van der Waals surface area contributed by atoms with Crippen molar-refractivity contribution < 1.29 is 14.0 Å². The van der Waals surface area contributed by atoms with Crippen LogP contribution in [-0.4, -0.2) is 37.0 Å². The second-order valence-corrected chi connectivity index (χ2v) is 7.13. The molecular formula is C21H24FN3O2. The van der Waals surface area contributed by atoms with Crippen molar-refractivity contribution in [1.29, 1.82) is 0 Å². The van der Waals surface area contributed by atoms with Crippen LogP contribution >= 0.6 is 0 Å². The Morgan fingerprint density at radius 1 is 1.00 bits per heavy atom. The molecule has 142 valence electrons. The molecule has 0 unspecified atom stereocenters. The van der Waals surface area contributed by atoms with Crippen LogP contribution in [0.2, 0.25) is 0 Å². The summed E-state index contributed by atoms with van der Waals surface area (Å²) >= 11 is 0. The second kappa shape index (κ2) is 8.20. The number of anilines is 1. The number of hydrogen-bond donors (Lipinski definition) is 2. The number of urea groups is 1. The smallest absolute Gasteiger partial charge is 0.319 e. The summed E-state index contributed by atoms with van der Waals surface area (Å²) in [5.41, 5.74) is 1.63. The molecule has 0 spiro atoms. The minimum atomic E-state index is -0.302. The average Bonchev–Trinajstić information content (AvgIpc) is 3.05. The standard InChI is InChI=1S/C21H24FN3O2/c1-25(2)20(26)19-13-17(12-18(19)14-8-10-15(22)11-9-14)24-21(27)23-16-6-4-3-5-7-16/h3-11,17-19H,12-13H2,1-2H3,(H2,23,24,27)/t17-,18+,19-/m0/s1. The summed E-state index contributed by atoms with van der Waals surface area (Å²) in [6.07, 6.45) is 1.19. The van der Waals surface area contributed by atoms with Gasteiger partial charge >= 0.3 is 6.03 Å². The number of rotatable bonds is 4. The summed E-state index contributed by atoms with van der Waals surface area (Å²) in [4.78, 5) is 26.5. The number of amides is 3. The van der Waals surface area contributed by atoms with Crippen molar-refractivity contribution in [3.8, 4) is 0 Å². The predicted octanol–water partition coefficient (Wildman–Crippen LogP) is 3.60. The van der Waals surface area contributed by atoms with E-state index in [1.165, 1.54) is 12.1 Å². The zero-order valence-corrected chi connectivity index (χ0v) is 15.5. The van der Waals surface area contributed by atoms with Crippen LogP contribution in [0.5, 0.6) is 0 Å².